The predicted octanol–water partition coefficient (Wildman–Crippen LogP) is 2.64. The van der Waals surface area contributed by atoms with Gasteiger partial charge in [0.1, 0.15) is 5.82 Å². The van der Waals surface area contributed by atoms with Crippen LogP contribution in [0.1, 0.15) is 25.3 Å². The lowest BCUT2D eigenvalue weighted by Gasteiger charge is -2.25. The van der Waals surface area contributed by atoms with Crippen molar-refractivity contribution in [2.45, 2.75) is 32.2 Å². The molecule has 2 rings (SSSR count). The molecule has 1 aromatic carbocycles. The molecular formula is C16H24ClFN2O. The second-order valence-corrected chi connectivity index (χ2v) is 5.79. The minimum atomic E-state index is -0.213. The maximum Gasteiger partial charge on any atom is 0.222 e. The molecule has 5 heteroatoms. The molecule has 3 nitrogen and oxygen atoms in total. The van der Waals surface area contributed by atoms with Crippen LogP contribution in [0.15, 0.2) is 24.3 Å². The Hall–Kier alpha value is -1.13. The van der Waals surface area contributed by atoms with Crippen molar-refractivity contribution in [3.8, 4) is 0 Å². The molecule has 0 bridgehead atoms. The topological polar surface area (TPSA) is 32.3 Å². The summed E-state index contributed by atoms with van der Waals surface area (Å²) in [7, 11) is 1.88. The van der Waals surface area contributed by atoms with E-state index in [-0.39, 0.29) is 30.0 Å². The van der Waals surface area contributed by atoms with Gasteiger partial charge in [0.25, 0.3) is 0 Å². The van der Waals surface area contributed by atoms with Crippen LogP contribution in [0.3, 0.4) is 0 Å². The minimum absolute atomic E-state index is 0. The maximum absolute atomic E-state index is 13.1. The number of carbonyl (C=O) groups excluding carboxylic acids is 1. The zero-order chi connectivity index (χ0) is 14.5. The second-order valence-electron chi connectivity index (χ2n) is 5.79. The van der Waals surface area contributed by atoms with Crippen LogP contribution in [0.25, 0.3) is 0 Å². The molecule has 0 aliphatic carbocycles. The number of nitrogens with one attached hydrogen (secondary N) is 1. The normalized spacial score (nSPS) is 18.9. The quantitative estimate of drug-likeness (QED) is 0.906. The molecule has 2 atom stereocenters. The van der Waals surface area contributed by atoms with E-state index >= 15 is 0 Å². The molecule has 1 heterocycles. The molecule has 0 spiro atoms. The van der Waals surface area contributed by atoms with Gasteiger partial charge in [-0.3, -0.25) is 4.79 Å². The van der Waals surface area contributed by atoms with Crippen molar-refractivity contribution in [2.75, 3.05) is 20.1 Å². The third-order valence-electron chi connectivity index (χ3n) is 3.97. The van der Waals surface area contributed by atoms with E-state index in [0.29, 0.717) is 12.5 Å². The number of rotatable bonds is 5. The summed E-state index contributed by atoms with van der Waals surface area (Å²) in [4.78, 5) is 14.1. The van der Waals surface area contributed by atoms with Gasteiger partial charge in [-0.15, -0.1) is 12.4 Å². The Balaban J connectivity index is 0.00000220. The average molecular weight is 315 g/mol. The Kier molecular flexibility index (Phi) is 7.12. The highest BCUT2D eigenvalue weighted by atomic mass is 35.5. The van der Waals surface area contributed by atoms with Gasteiger partial charge in [0.05, 0.1) is 0 Å². The minimum Gasteiger partial charge on any atom is -0.341 e. The molecule has 21 heavy (non-hydrogen) atoms. The van der Waals surface area contributed by atoms with E-state index in [9.17, 15) is 9.18 Å². The highest BCUT2D eigenvalue weighted by Crippen LogP contribution is 2.16. The van der Waals surface area contributed by atoms with Gasteiger partial charge in [-0.25, -0.2) is 4.39 Å². The van der Waals surface area contributed by atoms with Gasteiger partial charge in [-0.05, 0) is 43.0 Å². The SMILES string of the molecule is CC(CC(=O)N(C)C1CCNC1)Cc1cccc(F)c1.Cl. The van der Waals surface area contributed by atoms with Crippen molar-refractivity contribution < 1.29 is 9.18 Å². The van der Waals surface area contributed by atoms with E-state index in [4.69, 9.17) is 0 Å². The first-order valence-corrected chi connectivity index (χ1v) is 7.27. The number of hydrogen-bond acceptors (Lipinski definition) is 2. The summed E-state index contributed by atoms with van der Waals surface area (Å²) in [5.41, 5.74) is 0.954. The molecule has 0 saturated carbocycles. The Morgan fingerprint density at radius 3 is 2.90 bits per heavy atom. The maximum atomic E-state index is 13.1. The number of amides is 1. The first-order chi connectivity index (χ1) is 9.56. The van der Waals surface area contributed by atoms with Gasteiger partial charge in [-0.2, -0.15) is 0 Å². The highest BCUT2D eigenvalue weighted by molar-refractivity contribution is 5.85. The lowest BCUT2D eigenvalue weighted by molar-refractivity contribution is -0.132. The summed E-state index contributed by atoms with van der Waals surface area (Å²) in [5, 5.41) is 3.27. The monoisotopic (exact) mass is 314 g/mol. The molecule has 1 saturated heterocycles. The van der Waals surface area contributed by atoms with E-state index in [2.05, 4.69) is 5.32 Å². The first-order valence-electron chi connectivity index (χ1n) is 7.27. The third-order valence-corrected chi connectivity index (χ3v) is 3.97. The van der Waals surface area contributed by atoms with Crippen molar-refractivity contribution >= 4 is 18.3 Å². The average Bonchev–Trinajstić information content (AvgIpc) is 2.91. The zero-order valence-electron chi connectivity index (χ0n) is 12.6. The van der Waals surface area contributed by atoms with E-state index in [0.717, 1.165) is 31.5 Å². The number of benzene rings is 1. The third kappa shape index (κ3) is 5.29. The molecule has 1 aromatic rings. The largest absolute Gasteiger partial charge is 0.341 e. The van der Waals surface area contributed by atoms with E-state index in [1.165, 1.54) is 6.07 Å². The summed E-state index contributed by atoms with van der Waals surface area (Å²) in [6.45, 7) is 3.92. The summed E-state index contributed by atoms with van der Waals surface area (Å²) in [5.74, 6) is 0.193. The molecule has 1 N–H and O–H groups in total. The number of carbonyl (C=O) groups is 1. The Morgan fingerprint density at radius 1 is 1.52 bits per heavy atom. The van der Waals surface area contributed by atoms with Crippen molar-refractivity contribution in [3.05, 3.63) is 35.6 Å². The van der Waals surface area contributed by atoms with E-state index < -0.39 is 0 Å². The molecule has 118 valence electrons. The van der Waals surface area contributed by atoms with Crippen LogP contribution < -0.4 is 5.32 Å². The van der Waals surface area contributed by atoms with E-state index in [1.54, 1.807) is 12.1 Å². The zero-order valence-corrected chi connectivity index (χ0v) is 13.5. The fraction of sp³-hybridized carbons (Fsp3) is 0.562. The fourth-order valence-corrected chi connectivity index (χ4v) is 2.75. The predicted molar refractivity (Wildman–Crippen MR) is 85.2 cm³/mol. The van der Waals surface area contributed by atoms with Gasteiger partial charge < -0.3 is 10.2 Å². The van der Waals surface area contributed by atoms with Gasteiger partial charge in [0.15, 0.2) is 0 Å². The molecule has 1 amide bonds. The van der Waals surface area contributed by atoms with Crippen molar-refractivity contribution in [2.24, 2.45) is 5.92 Å². The number of likely N-dealkylation sites (N-methyl/N-ethyl adjacent to an activating group) is 1. The van der Waals surface area contributed by atoms with Crippen LogP contribution in [-0.2, 0) is 11.2 Å². The van der Waals surface area contributed by atoms with Crippen molar-refractivity contribution in [1.29, 1.82) is 0 Å². The standard InChI is InChI=1S/C16H23FN2O.ClH/c1-12(8-13-4-3-5-14(17)10-13)9-16(20)19(2)15-6-7-18-11-15;/h3-5,10,12,15,18H,6-9,11H2,1-2H3;1H. The second kappa shape index (κ2) is 8.35. The first kappa shape index (κ1) is 17.9. The molecular weight excluding hydrogens is 291 g/mol. The highest BCUT2D eigenvalue weighted by Gasteiger charge is 2.24. The molecule has 1 aliphatic heterocycles. The molecule has 1 aliphatic rings. The van der Waals surface area contributed by atoms with Crippen LogP contribution in [0.5, 0.6) is 0 Å². The molecule has 0 aromatic heterocycles. The van der Waals surface area contributed by atoms with Crippen molar-refractivity contribution in [3.63, 3.8) is 0 Å². The number of hydrogen-bond donors (Lipinski definition) is 1. The van der Waals surface area contributed by atoms with Gasteiger partial charge in [0.2, 0.25) is 5.91 Å². The Bertz CT molecular complexity index is 463. The molecule has 2 unspecified atom stereocenters. The van der Waals surface area contributed by atoms with Crippen LogP contribution in [0.4, 0.5) is 4.39 Å². The molecule has 0 radical (unpaired) electrons. The summed E-state index contributed by atoms with van der Waals surface area (Å²) >= 11 is 0. The number of halogens is 2. The van der Waals surface area contributed by atoms with Crippen LogP contribution in [-0.4, -0.2) is 37.0 Å². The Labute approximate surface area is 132 Å². The lowest BCUT2D eigenvalue weighted by atomic mass is 9.97. The van der Waals surface area contributed by atoms with Gasteiger partial charge in [0, 0.05) is 26.1 Å². The van der Waals surface area contributed by atoms with Gasteiger partial charge >= 0.3 is 0 Å². The summed E-state index contributed by atoms with van der Waals surface area (Å²) in [6.07, 6.45) is 2.28. The molecule has 1 fully saturated rings. The van der Waals surface area contributed by atoms with Gasteiger partial charge in [-0.1, -0.05) is 19.1 Å². The van der Waals surface area contributed by atoms with Crippen LogP contribution in [0, 0.1) is 11.7 Å². The summed E-state index contributed by atoms with van der Waals surface area (Å²) < 4.78 is 13.1. The fourth-order valence-electron chi connectivity index (χ4n) is 2.75. The summed E-state index contributed by atoms with van der Waals surface area (Å²) in [6, 6.07) is 6.94. The van der Waals surface area contributed by atoms with Crippen molar-refractivity contribution in [1.82, 2.24) is 10.2 Å². The number of nitrogens with zero attached hydrogens (tertiary/aromatic N) is 1. The Morgan fingerprint density at radius 2 is 2.29 bits per heavy atom. The van der Waals surface area contributed by atoms with Crippen LogP contribution in [0.2, 0.25) is 0 Å². The smallest absolute Gasteiger partial charge is 0.222 e. The lowest BCUT2D eigenvalue weighted by Crippen LogP contribution is -2.39. The van der Waals surface area contributed by atoms with Crippen LogP contribution >= 0.6 is 12.4 Å². The van der Waals surface area contributed by atoms with E-state index in [1.807, 2.05) is 24.9 Å².